The summed E-state index contributed by atoms with van der Waals surface area (Å²) >= 11 is 0. The summed E-state index contributed by atoms with van der Waals surface area (Å²) in [7, 11) is 1.30. The van der Waals surface area contributed by atoms with E-state index in [-0.39, 0.29) is 30.8 Å². The van der Waals surface area contributed by atoms with Crippen molar-refractivity contribution in [1.82, 2.24) is 9.80 Å². The first-order valence-electron chi connectivity index (χ1n) is 15.8. The van der Waals surface area contributed by atoms with Gasteiger partial charge in [0.05, 0.1) is 18.6 Å². The smallest absolute Gasteiger partial charge is 0.410 e. The molecular formula is C36H37N3O6. The number of esters is 1. The molecule has 0 unspecified atom stereocenters. The number of amides is 3. The van der Waals surface area contributed by atoms with Gasteiger partial charge in [-0.1, -0.05) is 80.1 Å². The number of likely N-dealkylation sites (tertiary alicyclic amines) is 2. The minimum Gasteiger partial charge on any atom is -0.467 e. The SMILES string of the molecule is CCC[C@@H]1N(C(=O)[C@@H]2CCCN2C(=O)OCC2c3ccccc3-c3ccccc32)[C@H](C(=O)OC)C[C@@]12C(=O)Nc1ccccc12. The van der Waals surface area contributed by atoms with Crippen molar-refractivity contribution in [3.63, 3.8) is 0 Å². The zero-order valence-corrected chi connectivity index (χ0v) is 25.5. The number of nitrogens with one attached hydrogen (secondary N) is 1. The molecule has 0 saturated carbocycles. The number of carbonyl (C=O) groups is 4. The minimum atomic E-state index is -1.09. The Kier molecular flexibility index (Phi) is 7.34. The van der Waals surface area contributed by atoms with Crippen LogP contribution in [0.15, 0.2) is 72.8 Å². The molecule has 0 bridgehead atoms. The Morgan fingerprint density at radius 2 is 1.60 bits per heavy atom. The fourth-order valence-electron chi connectivity index (χ4n) is 8.25. The van der Waals surface area contributed by atoms with Crippen molar-refractivity contribution in [1.29, 1.82) is 0 Å². The van der Waals surface area contributed by atoms with Crippen LogP contribution in [0.25, 0.3) is 11.1 Å². The Balaban J connectivity index is 1.16. The van der Waals surface area contributed by atoms with E-state index in [1.54, 1.807) is 4.90 Å². The highest BCUT2D eigenvalue weighted by atomic mass is 16.6. The van der Waals surface area contributed by atoms with Gasteiger partial charge in [-0.2, -0.15) is 0 Å². The Hall–Kier alpha value is -4.66. The van der Waals surface area contributed by atoms with Crippen molar-refractivity contribution in [2.24, 2.45) is 0 Å². The fourth-order valence-corrected chi connectivity index (χ4v) is 8.25. The van der Waals surface area contributed by atoms with Crippen molar-refractivity contribution in [2.45, 2.75) is 68.5 Å². The van der Waals surface area contributed by atoms with Gasteiger partial charge in [-0.15, -0.1) is 0 Å². The summed E-state index contributed by atoms with van der Waals surface area (Å²) in [6.07, 6.45) is 1.86. The molecule has 3 amide bonds. The lowest BCUT2D eigenvalue weighted by atomic mass is 9.73. The molecule has 2 fully saturated rings. The zero-order chi connectivity index (χ0) is 31.3. The highest BCUT2D eigenvalue weighted by Crippen LogP contribution is 2.52. The summed E-state index contributed by atoms with van der Waals surface area (Å²) < 4.78 is 11.1. The van der Waals surface area contributed by atoms with Crippen LogP contribution >= 0.6 is 0 Å². The molecule has 0 aromatic heterocycles. The molecule has 1 N–H and O–H groups in total. The first kappa shape index (κ1) is 29.1. The molecule has 232 valence electrons. The number of ether oxygens (including phenoxy) is 2. The van der Waals surface area contributed by atoms with Gasteiger partial charge in [0.2, 0.25) is 11.8 Å². The largest absolute Gasteiger partial charge is 0.467 e. The van der Waals surface area contributed by atoms with Crippen molar-refractivity contribution in [2.75, 3.05) is 25.6 Å². The van der Waals surface area contributed by atoms with Gasteiger partial charge in [-0.3, -0.25) is 14.5 Å². The molecular weight excluding hydrogens is 570 g/mol. The van der Waals surface area contributed by atoms with Crippen molar-refractivity contribution in [3.05, 3.63) is 89.5 Å². The lowest BCUT2D eigenvalue weighted by molar-refractivity contribution is -0.154. The number of methoxy groups -OCH3 is 1. The average Bonchev–Trinajstić information content (AvgIpc) is 3.82. The van der Waals surface area contributed by atoms with Crippen LogP contribution in [-0.4, -0.2) is 72.1 Å². The van der Waals surface area contributed by atoms with E-state index in [4.69, 9.17) is 9.47 Å². The predicted molar refractivity (Wildman–Crippen MR) is 168 cm³/mol. The maximum absolute atomic E-state index is 14.6. The van der Waals surface area contributed by atoms with E-state index in [2.05, 4.69) is 29.6 Å². The number of nitrogens with zero attached hydrogens (tertiary/aromatic N) is 2. The van der Waals surface area contributed by atoms with Gasteiger partial charge in [0.15, 0.2) is 0 Å². The molecule has 4 aliphatic rings. The molecule has 9 nitrogen and oxygen atoms in total. The lowest BCUT2D eigenvalue weighted by Gasteiger charge is -2.37. The van der Waals surface area contributed by atoms with E-state index in [0.29, 0.717) is 37.9 Å². The van der Waals surface area contributed by atoms with Crippen LogP contribution in [0.1, 0.15) is 61.6 Å². The Morgan fingerprint density at radius 1 is 0.933 bits per heavy atom. The van der Waals surface area contributed by atoms with Crippen LogP contribution in [0, 0.1) is 0 Å². The average molecular weight is 608 g/mol. The molecule has 3 heterocycles. The molecule has 1 spiro atoms. The second-order valence-electron chi connectivity index (χ2n) is 12.4. The normalized spacial score (nSPS) is 24.8. The van der Waals surface area contributed by atoms with E-state index in [0.717, 1.165) is 27.8 Å². The number of carbonyl (C=O) groups excluding carboxylic acids is 4. The van der Waals surface area contributed by atoms with Gasteiger partial charge >= 0.3 is 12.1 Å². The van der Waals surface area contributed by atoms with Crippen molar-refractivity contribution in [3.8, 4) is 11.1 Å². The van der Waals surface area contributed by atoms with Gasteiger partial charge in [-0.25, -0.2) is 9.59 Å². The van der Waals surface area contributed by atoms with Gasteiger partial charge in [0, 0.05) is 18.2 Å². The van der Waals surface area contributed by atoms with E-state index < -0.39 is 35.6 Å². The lowest BCUT2D eigenvalue weighted by Crippen LogP contribution is -2.56. The number of hydrogen-bond donors (Lipinski definition) is 1. The predicted octanol–water partition coefficient (Wildman–Crippen LogP) is 5.23. The molecule has 1 aliphatic carbocycles. The summed E-state index contributed by atoms with van der Waals surface area (Å²) in [5.41, 5.74) is 4.90. The molecule has 3 aromatic rings. The summed E-state index contributed by atoms with van der Waals surface area (Å²) in [6, 6.07) is 21.4. The quantitative estimate of drug-likeness (QED) is 0.385. The van der Waals surface area contributed by atoms with E-state index >= 15 is 0 Å². The number of para-hydroxylation sites is 1. The van der Waals surface area contributed by atoms with Crippen LogP contribution in [0.2, 0.25) is 0 Å². The van der Waals surface area contributed by atoms with Gasteiger partial charge in [0.1, 0.15) is 18.7 Å². The van der Waals surface area contributed by atoms with Gasteiger partial charge < -0.3 is 19.7 Å². The van der Waals surface area contributed by atoms with Crippen LogP contribution in [0.5, 0.6) is 0 Å². The number of anilines is 1. The number of fused-ring (bicyclic) bond motifs is 5. The van der Waals surface area contributed by atoms with E-state index in [9.17, 15) is 19.2 Å². The zero-order valence-electron chi connectivity index (χ0n) is 25.5. The Morgan fingerprint density at radius 3 is 2.29 bits per heavy atom. The second kappa shape index (κ2) is 11.4. The summed E-state index contributed by atoms with van der Waals surface area (Å²) in [5.74, 6) is -1.23. The standard InChI is InChI=1S/C36H37N3O6/c1-3-11-31-36(27-16-8-9-17-28(27)37-34(36)42)20-30(33(41)44-2)39(31)32(40)29-18-10-19-38(29)35(43)45-21-26-24-14-6-4-12-22(24)23-13-5-7-15-25(23)26/h4-9,12-17,26,29-31H,3,10-11,18-21H2,1-2H3,(H,37,42)/t29-,30-,31-,36-/m0/s1. The van der Waals surface area contributed by atoms with Crippen LogP contribution in [-0.2, 0) is 29.3 Å². The summed E-state index contributed by atoms with van der Waals surface area (Å²) in [6.45, 7) is 2.52. The molecule has 3 aliphatic heterocycles. The van der Waals surface area contributed by atoms with Crippen LogP contribution < -0.4 is 5.32 Å². The first-order chi connectivity index (χ1) is 21.9. The fraction of sp³-hybridized carbons (Fsp3) is 0.389. The Bertz CT molecular complexity index is 1640. The third-order valence-electron chi connectivity index (χ3n) is 10.2. The monoisotopic (exact) mass is 607 g/mol. The Labute approximate surface area is 262 Å². The molecule has 3 aromatic carbocycles. The topological polar surface area (TPSA) is 105 Å². The number of rotatable bonds is 6. The van der Waals surface area contributed by atoms with Gasteiger partial charge in [0.25, 0.3) is 0 Å². The first-order valence-corrected chi connectivity index (χ1v) is 15.8. The third-order valence-corrected chi connectivity index (χ3v) is 10.2. The number of benzene rings is 3. The van der Waals surface area contributed by atoms with E-state index in [1.807, 2.05) is 55.5 Å². The maximum atomic E-state index is 14.6. The van der Waals surface area contributed by atoms with Gasteiger partial charge in [-0.05, 0) is 59.6 Å². The minimum absolute atomic E-state index is 0.102. The molecule has 2 saturated heterocycles. The molecule has 9 heteroatoms. The molecule has 0 radical (unpaired) electrons. The number of hydrogen-bond acceptors (Lipinski definition) is 6. The molecule has 7 rings (SSSR count). The second-order valence-corrected chi connectivity index (χ2v) is 12.4. The molecule has 4 atom stereocenters. The summed E-state index contributed by atoms with van der Waals surface area (Å²) in [5, 5.41) is 3.00. The van der Waals surface area contributed by atoms with E-state index in [1.165, 1.54) is 12.0 Å². The maximum Gasteiger partial charge on any atom is 0.410 e. The van der Waals surface area contributed by atoms with Crippen LogP contribution in [0.3, 0.4) is 0 Å². The highest BCUT2D eigenvalue weighted by Gasteiger charge is 2.64. The summed E-state index contributed by atoms with van der Waals surface area (Å²) in [4.78, 5) is 58.3. The van der Waals surface area contributed by atoms with Crippen LogP contribution in [0.4, 0.5) is 10.5 Å². The highest BCUT2D eigenvalue weighted by molar-refractivity contribution is 6.08. The van der Waals surface area contributed by atoms with Crippen molar-refractivity contribution >= 4 is 29.6 Å². The van der Waals surface area contributed by atoms with Crippen molar-refractivity contribution < 1.29 is 28.7 Å². The molecule has 45 heavy (non-hydrogen) atoms. The third kappa shape index (κ3) is 4.42.